The number of para-hydroxylation sites is 1. The number of carbonyl (C=O) groups excluding carboxylic acids is 2. The van der Waals surface area contributed by atoms with E-state index in [9.17, 15) is 9.59 Å². The van der Waals surface area contributed by atoms with Crippen LogP contribution in [-0.4, -0.2) is 24.7 Å². The van der Waals surface area contributed by atoms with Crippen molar-refractivity contribution in [3.63, 3.8) is 0 Å². The molecule has 0 saturated heterocycles. The molecule has 152 valence electrons. The predicted octanol–water partition coefficient (Wildman–Crippen LogP) is 4.05. The molecule has 6 heteroatoms. The van der Waals surface area contributed by atoms with E-state index in [1.54, 1.807) is 42.5 Å². The van der Waals surface area contributed by atoms with Crippen LogP contribution in [0.1, 0.15) is 27.0 Å². The van der Waals surface area contributed by atoms with Crippen molar-refractivity contribution in [2.75, 3.05) is 6.61 Å². The van der Waals surface area contributed by atoms with Gasteiger partial charge in [-0.05, 0) is 66.9 Å². The molecule has 0 bridgehead atoms. The first kappa shape index (κ1) is 20.8. The lowest BCUT2D eigenvalue weighted by molar-refractivity contribution is -0.123. The molecule has 0 aliphatic rings. The number of hydrogen-bond donors (Lipinski definition) is 1. The topological polar surface area (TPSA) is 77.0 Å². The van der Waals surface area contributed by atoms with Crippen molar-refractivity contribution in [1.82, 2.24) is 5.43 Å². The first-order valence-electron chi connectivity index (χ1n) is 9.41. The molecule has 0 heterocycles. The Labute approximate surface area is 175 Å². The number of nitrogens with zero attached hydrogens (tertiary/aromatic N) is 1. The summed E-state index contributed by atoms with van der Waals surface area (Å²) >= 11 is 0. The lowest BCUT2D eigenvalue weighted by Crippen LogP contribution is -2.24. The van der Waals surface area contributed by atoms with Gasteiger partial charge >= 0.3 is 5.97 Å². The van der Waals surface area contributed by atoms with Crippen LogP contribution in [0.25, 0.3) is 0 Å². The quantitative estimate of drug-likeness (QED) is 0.280. The third kappa shape index (κ3) is 5.78. The fourth-order valence-corrected chi connectivity index (χ4v) is 2.66. The number of rotatable bonds is 7. The summed E-state index contributed by atoms with van der Waals surface area (Å²) in [6.45, 7) is 3.64. The molecule has 0 aliphatic carbocycles. The summed E-state index contributed by atoms with van der Waals surface area (Å²) in [5.74, 6) is 0.317. The lowest BCUT2D eigenvalue weighted by Gasteiger charge is -2.07. The van der Waals surface area contributed by atoms with Crippen molar-refractivity contribution in [2.45, 2.75) is 13.8 Å². The third-order valence-corrected chi connectivity index (χ3v) is 4.31. The summed E-state index contributed by atoms with van der Waals surface area (Å²) in [6.07, 6.45) is 1.50. The Morgan fingerprint density at radius 2 is 1.57 bits per heavy atom. The molecule has 0 radical (unpaired) electrons. The van der Waals surface area contributed by atoms with Crippen LogP contribution in [0, 0.1) is 13.8 Å². The number of hydrazone groups is 1. The maximum Gasteiger partial charge on any atom is 0.343 e. The summed E-state index contributed by atoms with van der Waals surface area (Å²) in [7, 11) is 0. The molecule has 3 aromatic carbocycles. The molecule has 0 atom stereocenters. The number of benzene rings is 3. The highest BCUT2D eigenvalue weighted by Gasteiger charge is 2.10. The van der Waals surface area contributed by atoms with E-state index in [1.807, 2.05) is 44.2 Å². The van der Waals surface area contributed by atoms with E-state index < -0.39 is 5.97 Å². The van der Waals surface area contributed by atoms with Crippen molar-refractivity contribution in [2.24, 2.45) is 5.10 Å². The van der Waals surface area contributed by atoms with E-state index in [0.717, 1.165) is 16.7 Å². The second-order valence-electron chi connectivity index (χ2n) is 6.62. The maximum atomic E-state index is 12.2. The van der Waals surface area contributed by atoms with Gasteiger partial charge in [-0.2, -0.15) is 5.10 Å². The van der Waals surface area contributed by atoms with Gasteiger partial charge in [-0.25, -0.2) is 10.2 Å². The van der Waals surface area contributed by atoms with Crippen LogP contribution >= 0.6 is 0 Å². The maximum absolute atomic E-state index is 12.2. The number of amides is 1. The standard InChI is InChI=1S/C24H22N2O4/c1-17-7-3-5-9-21(17)24(28)30-20-13-11-19(12-14-20)15-25-26-23(27)16-29-22-10-6-4-8-18(22)2/h3-15H,16H2,1-2H3,(H,26,27)/b25-15-. The Bertz CT molecular complexity index is 1060. The Hall–Kier alpha value is -3.93. The minimum Gasteiger partial charge on any atom is -0.483 e. The molecule has 30 heavy (non-hydrogen) atoms. The van der Waals surface area contributed by atoms with Gasteiger partial charge in [0.25, 0.3) is 5.91 Å². The van der Waals surface area contributed by atoms with Gasteiger partial charge in [0.05, 0.1) is 11.8 Å². The van der Waals surface area contributed by atoms with Crippen LogP contribution in [-0.2, 0) is 4.79 Å². The van der Waals surface area contributed by atoms with Crippen LogP contribution in [0.4, 0.5) is 0 Å². The largest absolute Gasteiger partial charge is 0.483 e. The van der Waals surface area contributed by atoms with E-state index in [4.69, 9.17) is 9.47 Å². The molecular formula is C24H22N2O4. The van der Waals surface area contributed by atoms with Crippen LogP contribution in [0.3, 0.4) is 0 Å². The highest BCUT2D eigenvalue weighted by molar-refractivity contribution is 5.92. The predicted molar refractivity (Wildman–Crippen MR) is 115 cm³/mol. The summed E-state index contributed by atoms with van der Waals surface area (Å²) in [5, 5.41) is 3.91. The van der Waals surface area contributed by atoms with Crippen molar-refractivity contribution in [3.8, 4) is 11.5 Å². The molecule has 3 aromatic rings. The zero-order valence-electron chi connectivity index (χ0n) is 16.8. The van der Waals surface area contributed by atoms with Crippen molar-refractivity contribution in [1.29, 1.82) is 0 Å². The van der Waals surface area contributed by atoms with Gasteiger partial charge in [-0.1, -0.05) is 36.4 Å². The second kappa shape index (κ2) is 10.0. The second-order valence-corrected chi connectivity index (χ2v) is 6.62. The van der Waals surface area contributed by atoms with Crippen LogP contribution in [0.5, 0.6) is 11.5 Å². The van der Waals surface area contributed by atoms with E-state index >= 15 is 0 Å². The van der Waals surface area contributed by atoms with Gasteiger partial charge < -0.3 is 9.47 Å². The molecule has 1 N–H and O–H groups in total. The molecule has 0 aliphatic heterocycles. The highest BCUT2D eigenvalue weighted by atomic mass is 16.5. The highest BCUT2D eigenvalue weighted by Crippen LogP contribution is 2.16. The first-order valence-corrected chi connectivity index (χ1v) is 9.41. The average Bonchev–Trinajstić information content (AvgIpc) is 2.74. The molecule has 0 fully saturated rings. The summed E-state index contributed by atoms with van der Waals surface area (Å²) in [6, 6.07) is 21.5. The SMILES string of the molecule is Cc1ccccc1OCC(=O)N/N=C\c1ccc(OC(=O)c2ccccc2C)cc1. The van der Waals surface area contributed by atoms with Crippen LogP contribution in [0.15, 0.2) is 77.9 Å². The molecule has 1 amide bonds. The summed E-state index contributed by atoms with van der Waals surface area (Å²) < 4.78 is 10.9. The fourth-order valence-electron chi connectivity index (χ4n) is 2.66. The number of hydrogen-bond acceptors (Lipinski definition) is 5. The first-order chi connectivity index (χ1) is 14.5. The Kier molecular flexibility index (Phi) is 6.95. The zero-order valence-corrected chi connectivity index (χ0v) is 16.8. The number of aryl methyl sites for hydroxylation is 2. The average molecular weight is 402 g/mol. The number of esters is 1. The van der Waals surface area contributed by atoms with Gasteiger partial charge in [0.15, 0.2) is 6.61 Å². The number of carbonyl (C=O) groups is 2. The lowest BCUT2D eigenvalue weighted by atomic mass is 10.1. The van der Waals surface area contributed by atoms with Gasteiger partial charge in [-0.15, -0.1) is 0 Å². The minimum atomic E-state index is -0.407. The third-order valence-electron chi connectivity index (χ3n) is 4.31. The van der Waals surface area contributed by atoms with Gasteiger partial charge in [0, 0.05) is 0 Å². The molecule has 6 nitrogen and oxygen atoms in total. The van der Waals surface area contributed by atoms with Gasteiger partial charge in [-0.3, -0.25) is 4.79 Å². The van der Waals surface area contributed by atoms with Crippen molar-refractivity contribution >= 4 is 18.1 Å². The minimum absolute atomic E-state index is 0.129. The molecule has 3 rings (SSSR count). The molecular weight excluding hydrogens is 380 g/mol. The Morgan fingerprint density at radius 3 is 2.27 bits per heavy atom. The van der Waals surface area contributed by atoms with Crippen LogP contribution in [0.2, 0.25) is 0 Å². The Balaban J connectivity index is 1.48. The zero-order chi connectivity index (χ0) is 21.3. The summed E-state index contributed by atoms with van der Waals surface area (Å²) in [5.41, 5.74) is 5.49. The summed E-state index contributed by atoms with van der Waals surface area (Å²) in [4.78, 5) is 24.1. The fraction of sp³-hybridized carbons (Fsp3) is 0.125. The van der Waals surface area contributed by atoms with Gasteiger partial charge in [0.1, 0.15) is 11.5 Å². The smallest absolute Gasteiger partial charge is 0.343 e. The molecule has 0 unspecified atom stereocenters. The number of nitrogens with one attached hydrogen (secondary N) is 1. The monoisotopic (exact) mass is 402 g/mol. The van der Waals surface area contributed by atoms with E-state index in [-0.39, 0.29) is 12.5 Å². The normalized spacial score (nSPS) is 10.6. The Morgan fingerprint density at radius 1 is 0.900 bits per heavy atom. The van der Waals surface area contributed by atoms with E-state index in [0.29, 0.717) is 17.1 Å². The van der Waals surface area contributed by atoms with Crippen LogP contribution < -0.4 is 14.9 Å². The molecule has 0 saturated carbocycles. The molecule has 0 aromatic heterocycles. The van der Waals surface area contributed by atoms with Crippen molar-refractivity contribution < 1.29 is 19.1 Å². The van der Waals surface area contributed by atoms with E-state index in [2.05, 4.69) is 10.5 Å². The molecule has 0 spiro atoms. The van der Waals surface area contributed by atoms with Crippen molar-refractivity contribution in [3.05, 3.63) is 95.1 Å². The van der Waals surface area contributed by atoms with E-state index in [1.165, 1.54) is 6.21 Å². The number of ether oxygens (including phenoxy) is 2. The van der Waals surface area contributed by atoms with Gasteiger partial charge in [0.2, 0.25) is 0 Å².